The number of H-pyrrole nitrogens is 1. The molecule has 3 aliphatic heterocycles. The molecule has 7 fully saturated rings. The number of hydrogen-bond acceptors (Lipinski definition) is 14. The Morgan fingerprint density at radius 3 is 1.43 bits per heavy atom. The molecular weight excluding hydrogens is 1500 g/mol. The van der Waals surface area contributed by atoms with E-state index in [2.05, 4.69) is 81.6 Å². The average molecular weight is 1620 g/mol. The summed E-state index contributed by atoms with van der Waals surface area (Å²) in [6.45, 7) is 10.5. The molecule has 0 radical (unpaired) electrons. The van der Waals surface area contributed by atoms with E-state index in [0.29, 0.717) is 64.6 Å². The lowest BCUT2D eigenvalue weighted by Crippen LogP contribution is -2.48. The Labute approximate surface area is 695 Å². The summed E-state index contributed by atoms with van der Waals surface area (Å²) >= 11 is 0. The van der Waals surface area contributed by atoms with Gasteiger partial charge < -0.3 is 46.0 Å². The maximum atomic E-state index is 13.4. The molecule has 118 heavy (non-hydrogen) atoms. The number of rotatable bonds is 24. The predicted molar refractivity (Wildman–Crippen MR) is 457 cm³/mol. The third-order valence-corrected chi connectivity index (χ3v) is 25.4. The normalized spacial score (nSPS) is 24.4. The number of nitrogens with one attached hydrogen (secondary N) is 4. The standard InChI is InChI=1S/C33H35N3O4.C32H41N2O6P.C32H40N2O3/c1-22-7-9-24(10-8-22)11-12-25-13-15-26(16-14-25)20-36-31(29(21-37)32(40-36)23(2)38)33(39)34-18-17-27-19-35-30-6-4-3-5-28(27)30;1-23-6-8-24(9-7-23)10-11-25-12-14-26(15-13-25)21-34-31(20-29(40-34)22-39-41(36,37)38)32(35)33-19-18-28-17-16-27-4-2-3-5-30(27)28;1-23-6-8-24(9-7-23)10-11-25-12-14-26(15-13-25)20-34-31(29(21-35)22-37-34)32(36)33-19-18-28-17-16-27-4-2-3-5-30(27)28/h3-10,13-16,19,23,29,31-32,35,37-38H,17-18,20-21H2,1-2H3,(H,34,39);6-9,12-15,27-31H,2-5,16-22H2,1H3,(H,33,35)(H2,36,37,38);6-9,12-15,27-31,35H,2-5,16-22H2,1H3,(H,33,36)/t23-,29+,31+,32?;;/m1../s1. The molecule has 622 valence electrons. The van der Waals surface area contributed by atoms with E-state index in [4.69, 9.17) is 28.8 Å². The minimum Gasteiger partial charge on any atom is -0.396 e. The van der Waals surface area contributed by atoms with Gasteiger partial charge in [-0.05, 0) is 222 Å². The molecule has 4 heterocycles. The van der Waals surface area contributed by atoms with Gasteiger partial charge in [0.25, 0.3) is 0 Å². The number of amides is 3. The monoisotopic (exact) mass is 1620 g/mol. The number of benzene rings is 7. The van der Waals surface area contributed by atoms with E-state index in [9.17, 15) is 34.3 Å². The first-order valence-electron chi connectivity index (χ1n) is 42.5. The van der Waals surface area contributed by atoms with Crippen LogP contribution in [0.2, 0.25) is 0 Å². The summed E-state index contributed by atoms with van der Waals surface area (Å²) < 4.78 is 15.9. The molecule has 4 saturated carbocycles. The van der Waals surface area contributed by atoms with Crippen molar-refractivity contribution in [2.75, 3.05) is 46.1 Å². The van der Waals surface area contributed by atoms with Gasteiger partial charge in [0.2, 0.25) is 17.7 Å². The summed E-state index contributed by atoms with van der Waals surface area (Å²) in [5.41, 5.74) is 14.3. The highest BCUT2D eigenvalue weighted by Gasteiger charge is 2.49. The zero-order valence-corrected chi connectivity index (χ0v) is 69.4. The first-order chi connectivity index (χ1) is 57.3. The number of aliphatic hydroxyl groups excluding tert-OH is 3. The topological polar surface area (TPSA) is 268 Å². The van der Waals surface area contributed by atoms with E-state index >= 15 is 0 Å². The number of carbonyl (C=O) groups is 3. The quantitative estimate of drug-likeness (QED) is 0.0201. The van der Waals surface area contributed by atoms with Gasteiger partial charge in [0.1, 0.15) is 30.3 Å². The molecule has 3 saturated heterocycles. The summed E-state index contributed by atoms with van der Waals surface area (Å²) in [5, 5.41) is 45.8. The van der Waals surface area contributed by atoms with Crippen LogP contribution in [0.1, 0.15) is 176 Å². The van der Waals surface area contributed by atoms with E-state index in [0.717, 1.165) is 109 Å². The Morgan fingerprint density at radius 1 is 0.517 bits per heavy atom. The van der Waals surface area contributed by atoms with Crippen LogP contribution in [-0.4, -0.2) is 146 Å². The van der Waals surface area contributed by atoms with Crippen LogP contribution in [-0.2, 0) is 64.0 Å². The second-order valence-corrected chi connectivity index (χ2v) is 34.6. The number of phosphoric ester groups is 1. The molecule has 14 atom stereocenters. The zero-order chi connectivity index (χ0) is 82.5. The number of fused-ring (bicyclic) bond motifs is 3. The van der Waals surface area contributed by atoms with Crippen molar-refractivity contribution in [3.63, 3.8) is 0 Å². The highest BCUT2D eigenvalue weighted by molar-refractivity contribution is 7.46. The van der Waals surface area contributed by atoms with Crippen molar-refractivity contribution in [2.45, 2.75) is 186 Å². The number of aromatic nitrogens is 1. The number of hydroxylamine groups is 6. The number of para-hydroxylation sites is 1. The minimum atomic E-state index is -4.64. The molecule has 21 heteroatoms. The fourth-order valence-electron chi connectivity index (χ4n) is 18.5. The van der Waals surface area contributed by atoms with E-state index in [-0.39, 0.29) is 43.5 Å². The lowest BCUT2D eigenvalue weighted by Gasteiger charge is -2.29. The van der Waals surface area contributed by atoms with Gasteiger partial charge in [-0.2, -0.15) is 15.2 Å². The fraction of sp³-hybridized carbons (Fsp3) is 0.454. The van der Waals surface area contributed by atoms with E-state index < -0.39 is 50.2 Å². The van der Waals surface area contributed by atoms with Crippen LogP contribution in [0.3, 0.4) is 0 Å². The molecule has 0 spiro atoms. The molecule has 7 aliphatic rings. The van der Waals surface area contributed by atoms with Gasteiger partial charge in [-0.1, -0.05) is 182 Å². The average Bonchev–Trinajstić information content (AvgIpc) is 1.60. The summed E-state index contributed by atoms with van der Waals surface area (Å²) in [5.74, 6) is 22.9. The minimum absolute atomic E-state index is 0.0321. The Balaban J connectivity index is 0.000000154. The molecular formula is C97H116N7O13P. The van der Waals surface area contributed by atoms with Gasteiger partial charge in [-0.3, -0.25) is 33.4 Å². The third-order valence-electron chi connectivity index (χ3n) is 25.0. The highest BCUT2D eigenvalue weighted by Crippen LogP contribution is 2.48. The first-order valence-corrected chi connectivity index (χ1v) is 44.1. The molecule has 0 bridgehead atoms. The molecule has 20 nitrogen and oxygen atoms in total. The summed E-state index contributed by atoms with van der Waals surface area (Å²) in [4.78, 5) is 79.4. The maximum absolute atomic E-state index is 13.4. The van der Waals surface area contributed by atoms with Crippen molar-refractivity contribution in [1.82, 2.24) is 36.1 Å². The number of hydrogen-bond donors (Lipinski definition) is 9. The lowest BCUT2D eigenvalue weighted by molar-refractivity contribution is -0.192. The van der Waals surface area contributed by atoms with Gasteiger partial charge in [-0.25, -0.2) is 4.57 Å². The van der Waals surface area contributed by atoms with Gasteiger partial charge in [0, 0.05) is 88.4 Å². The molecule has 15 rings (SSSR count). The van der Waals surface area contributed by atoms with Crippen molar-refractivity contribution < 1.29 is 63.1 Å². The van der Waals surface area contributed by atoms with E-state index in [1.165, 1.54) is 93.7 Å². The highest BCUT2D eigenvalue weighted by atomic mass is 31.2. The predicted octanol–water partition coefficient (Wildman–Crippen LogP) is 13.7. The van der Waals surface area contributed by atoms with Crippen LogP contribution < -0.4 is 16.0 Å². The molecule has 3 amide bonds. The molecule has 9 N–H and O–H groups in total. The Hall–Kier alpha value is -9.08. The first kappa shape index (κ1) is 86.8. The van der Waals surface area contributed by atoms with Crippen LogP contribution in [0.15, 0.2) is 176 Å². The SMILES string of the molecule is Cc1ccc(C#Cc2ccc(CN3OC(COP(=O)(O)O)CC3C(=O)NCCC3CCC4CCCCC43)cc2)cc1.Cc1ccc(C#Cc2ccc(CN3OC([C@@H](C)O)[C@@H](CO)[C@H]3C(=O)NCCc3c[nH]c4ccccc34)cc2)cc1.Cc1ccc(C#Cc2ccc(CN3OCC(CO)C3C(=O)NCCC3CCC4CCCCC43)cc2)cc1. The van der Waals surface area contributed by atoms with Crippen LogP contribution in [0, 0.1) is 104 Å². The summed E-state index contributed by atoms with van der Waals surface area (Å²) in [6.07, 6.45) is 19.0. The number of nitrogens with zero attached hydrogens (tertiary/aromatic N) is 3. The van der Waals surface area contributed by atoms with E-state index in [1.807, 2.05) is 172 Å². The molecule has 1 aromatic heterocycles. The largest absolute Gasteiger partial charge is 0.469 e. The van der Waals surface area contributed by atoms with Gasteiger partial charge >= 0.3 is 7.82 Å². The molecule has 7 aromatic carbocycles. The Bertz CT molecular complexity index is 4850. The van der Waals surface area contributed by atoms with Crippen molar-refractivity contribution in [1.29, 1.82) is 0 Å². The van der Waals surface area contributed by atoms with Gasteiger partial charge in [0.15, 0.2) is 0 Å². The van der Waals surface area contributed by atoms with Gasteiger partial charge in [0.05, 0.1) is 52.2 Å². The summed E-state index contributed by atoms with van der Waals surface area (Å²) in [6, 6.07) is 54.3. The van der Waals surface area contributed by atoms with E-state index in [1.54, 1.807) is 22.1 Å². The number of aliphatic hydroxyl groups is 3. The van der Waals surface area contributed by atoms with Crippen molar-refractivity contribution in [3.8, 4) is 35.5 Å². The Kier molecular flexibility index (Phi) is 31.1. The second-order valence-electron chi connectivity index (χ2n) is 33.4. The zero-order valence-electron chi connectivity index (χ0n) is 68.5. The second kappa shape index (κ2) is 42.2. The number of aromatic amines is 1. The van der Waals surface area contributed by atoms with Gasteiger partial charge in [-0.15, -0.1) is 0 Å². The fourth-order valence-corrected chi connectivity index (χ4v) is 18.9. The van der Waals surface area contributed by atoms with Crippen molar-refractivity contribution in [3.05, 3.63) is 248 Å². The van der Waals surface area contributed by atoms with Crippen molar-refractivity contribution in [2.24, 2.45) is 47.3 Å². The van der Waals surface area contributed by atoms with Crippen LogP contribution in [0.4, 0.5) is 0 Å². The van der Waals surface area contributed by atoms with Crippen LogP contribution >= 0.6 is 7.82 Å². The Morgan fingerprint density at radius 2 is 0.958 bits per heavy atom. The number of carbonyl (C=O) groups excluding carboxylic acids is 3. The molecule has 4 aliphatic carbocycles. The van der Waals surface area contributed by atoms with Crippen LogP contribution in [0.25, 0.3) is 10.9 Å². The molecule has 8 aromatic rings. The van der Waals surface area contributed by atoms with Crippen molar-refractivity contribution >= 4 is 36.4 Å². The third kappa shape index (κ3) is 24.1. The number of phosphoric acid groups is 1. The maximum Gasteiger partial charge on any atom is 0.469 e. The summed E-state index contributed by atoms with van der Waals surface area (Å²) in [7, 11) is -4.64. The van der Waals surface area contributed by atoms with Crippen LogP contribution in [0.5, 0.6) is 0 Å². The molecule has 11 unspecified atom stereocenters. The lowest BCUT2D eigenvalue weighted by atomic mass is 9.77. The smallest absolute Gasteiger partial charge is 0.396 e. The number of aryl methyl sites for hydroxylation is 3.